The van der Waals surface area contributed by atoms with Crippen LogP contribution in [0.2, 0.25) is 0 Å². The van der Waals surface area contributed by atoms with Crippen molar-refractivity contribution in [2.24, 2.45) is 0 Å². The van der Waals surface area contributed by atoms with Gasteiger partial charge in [0.2, 0.25) is 0 Å². The van der Waals surface area contributed by atoms with Crippen molar-refractivity contribution in [2.45, 2.75) is 19.4 Å². The quantitative estimate of drug-likeness (QED) is 0.803. The van der Waals surface area contributed by atoms with Gasteiger partial charge < -0.3 is 10.2 Å². The molecule has 19 heavy (non-hydrogen) atoms. The predicted molar refractivity (Wildman–Crippen MR) is 74.0 cm³/mol. The molecule has 1 rings (SSSR count). The number of halogens is 1. The Morgan fingerprint density at radius 3 is 2.00 bits per heavy atom. The molecule has 1 aromatic carbocycles. The monoisotopic (exact) mass is 329 g/mol. The van der Waals surface area contributed by atoms with E-state index in [-0.39, 0.29) is 19.1 Å². The van der Waals surface area contributed by atoms with E-state index in [1.807, 2.05) is 31.2 Å². The normalized spacial score (nSPS) is 12.4. The summed E-state index contributed by atoms with van der Waals surface area (Å²) in [5.41, 5.74) is 0.910. The second kappa shape index (κ2) is 7.25. The van der Waals surface area contributed by atoms with Crippen molar-refractivity contribution in [1.82, 2.24) is 4.90 Å². The van der Waals surface area contributed by atoms with Gasteiger partial charge in [0, 0.05) is 10.5 Å². The highest BCUT2D eigenvalue weighted by atomic mass is 79.9. The Hall–Kier alpha value is -1.40. The number of carbonyl (C=O) groups is 2. The fraction of sp³-hybridized carbons (Fsp3) is 0.385. The number of hydrogen-bond donors (Lipinski definition) is 2. The number of carboxylic acid groups (broad SMARTS) is 2. The molecule has 0 bridgehead atoms. The molecule has 1 aromatic rings. The lowest BCUT2D eigenvalue weighted by Crippen LogP contribution is -2.37. The third-order valence-electron chi connectivity index (χ3n) is 2.76. The van der Waals surface area contributed by atoms with Gasteiger partial charge in [-0.25, -0.2) is 0 Å². The summed E-state index contributed by atoms with van der Waals surface area (Å²) in [4.78, 5) is 23.2. The molecule has 0 aromatic heterocycles. The van der Waals surface area contributed by atoms with E-state index in [9.17, 15) is 9.59 Å². The van der Waals surface area contributed by atoms with E-state index in [1.54, 1.807) is 0 Å². The summed E-state index contributed by atoms with van der Waals surface area (Å²) in [6.07, 6.45) is 0.641. The largest absolute Gasteiger partial charge is 0.480 e. The van der Waals surface area contributed by atoms with Gasteiger partial charge in [-0.15, -0.1) is 0 Å². The Labute approximate surface area is 120 Å². The molecule has 0 saturated carbocycles. The Kier molecular flexibility index (Phi) is 5.98. The lowest BCUT2D eigenvalue weighted by atomic mass is 10.0. The van der Waals surface area contributed by atoms with Crippen LogP contribution in [-0.2, 0) is 9.59 Å². The van der Waals surface area contributed by atoms with Crippen molar-refractivity contribution >= 4 is 27.9 Å². The van der Waals surface area contributed by atoms with Gasteiger partial charge in [0.25, 0.3) is 0 Å². The number of nitrogens with zero attached hydrogens (tertiary/aromatic N) is 1. The molecule has 0 aliphatic carbocycles. The van der Waals surface area contributed by atoms with Crippen LogP contribution >= 0.6 is 15.9 Å². The van der Waals surface area contributed by atoms with E-state index in [2.05, 4.69) is 15.9 Å². The van der Waals surface area contributed by atoms with Crippen LogP contribution in [-0.4, -0.2) is 40.1 Å². The van der Waals surface area contributed by atoms with Crippen molar-refractivity contribution < 1.29 is 19.8 Å². The minimum atomic E-state index is -1.03. The van der Waals surface area contributed by atoms with E-state index in [0.717, 1.165) is 10.0 Å². The first-order valence-electron chi connectivity index (χ1n) is 5.87. The van der Waals surface area contributed by atoms with E-state index >= 15 is 0 Å². The molecular weight excluding hydrogens is 314 g/mol. The molecule has 5 nitrogen and oxygen atoms in total. The highest BCUT2D eigenvalue weighted by Gasteiger charge is 2.23. The first-order valence-corrected chi connectivity index (χ1v) is 6.66. The number of hydrogen-bond acceptors (Lipinski definition) is 3. The van der Waals surface area contributed by atoms with Gasteiger partial charge >= 0.3 is 11.9 Å². The van der Waals surface area contributed by atoms with E-state index in [0.29, 0.717) is 6.42 Å². The van der Waals surface area contributed by atoms with Crippen molar-refractivity contribution in [1.29, 1.82) is 0 Å². The summed E-state index contributed by atoms with van der Waals surface area (Å²) in [6, 6.07) is 7.24. The molecule has 0 spiro atoms. The van der Waals surface area contributed by atoms with E-state index in [4.69, 9.17) is 10.2 Å². The van der Waals surface area contributed by atoms with Gasteiger partial charge in [-0.2, -0.15) is 0 Å². The Morgan fingerprint density at radius 2 is 1.63 bits per heavy atom. The Morgan fingerprint density at radius 1 is 1.16 bits per heavy atom. The minimum absolute atomic E-state index is 0.222. The fourth-order valence-electron chi connectivity index (χ4n) is 2.01. The van der Waals surface area contributed by atoms with Crippen LogP contribution in [0.5, 0.6) is 0 Å². The van der Waals surface area contributed by atoms with Gasteiger partial charge in [-0.05, 0) is 24.1 Å². The van der Waals surface area contributed by atoms with Crippen molar-refractivity contribution in [3.05, 3.63) is 34.3 Å². The van der Waals surface area contributed by atoms with Crippen LogP contribution in [0, 0.1) is 0 Å². The van der Waals surface area contributed by atoms with Gasteiger partial charge in [0.15, 0.2) is 0 Å². The van der Waals surface area contributed by atoms with Crippen LogP contribution < -0.4 is 0 Å². The lowest BCUT2D eigenvalue weighted by molar-refractivity contribution is -0.143. The molecule has 0 radical (unpaired) electrons. The number of benzene rings is 1. The SMILES string of the molecule is CCC(c1ccc(Br)cc1)N(CC(=O)O)CC(=O)O. The molecule has 0 amide bonds. The van der Waals surface area contributed by atoms with Crippen LogP contribution in [0.3, 0.4) is 0 Å². The molecule has 0 fully saturated rings. The number of rotatable bonds is 7. The molecular formula is C13H16BrNO4. The van der Waals surface area contributed by atoms with Crippen LogP contribution in [0.4, 0.5) is 0 Å². The average molecular weight is 330 g/mol. The zero-order valence-corrected chi connectivity index (χ0v) is 12.1. The molecule has 0 aliphatic heterocycles. The van der Waals surface area contributed by atoms with Gasteiger partial charge in [-0.3, -0.25) is 14.5 Å². The van der Waals surface area contributed by atoms with Gasteiger partial charge in [0.05, 0.1) is 13.1 Å². The highest BCUT2D eigenvalue weighted by Crippen LogP contribution is 2.25. The molecule has 6 heteroatoms. The maximum Gasteiger partial charge on any atom is 0.317 e. The van der Waals surface area contributed by atoms with Crippen molar-refractivity contribution in [3.8, 4) is 0 Å². The first kappa shape index (κ1) is 15.7. The van der Waals surface area contributed by atoms with Crippen molar-refractivity contribution in [3.63, 3.8) is 0 Å². The molecule has 0 aliphatic rings. The molecule has 1 atom stereocenters. The summed E-state index contributed by atoms with van der Waals surface area (Å²) in [5, 5.41) is 17.8. The third-order valence-corrected chi connectivity index (χ3v) is 3.29. The predicted octanol–water partition coefficient (Wildman–Crippen LogP) is 2.37. The summed E-state index contributed by atoms with van der Waals surface area (Å²) >= 11 is 3.33. The zero-order valence-electron chi connectivity index (χ0n) is 10.5. The molecule has 0 heterocycles. The van der Waals surface area contributed by atoms with E-state index in [1.165, 1.54) is 4.90 Å². The maximum atomic E-state index is 10.9. The smallest absolute Gasteiger partial charge is 0.317 e. The van der Waals surface area contributed by atoms with Gasteiger partial charge in [-0.1, -0.05) is 35.0 Å². The zero-order chi connectivity index (χ0) is 14.4. The maximum absolute atomic E-state index is 10.9. The highest BCUT2D eigenvalue weighted by molar-refractivity contribution is 9.10. The van der Waals surface area contributed by atoms with E-state index < -0.39 is 11.9 Å². The molecule has 104 valence electrons. The molecule has 0 saturated heterocycles. The number of carboxylic acids is 2. The summed E-state index contributed by atoms with van der Waals surface area (Å²) in [7, 11) is 0. The topological polar surface area (TPSA) is 77.8 Å². The van der Waals surface area contributed by atoms with Crippen LogP contribution in [0.1, 0.15) is 24.9 Å². The second-order valence-corrected chi connectivity index (χ2v) is 5.08. The first-order chi connectivity index (χ1) is 8.93. The van der Waals surface area contributed by atoms with Crippen LogP contribution in [0.15, 0.2) is 28.7 Å². The molecule has 1 unspecified atom stereocenters. The molecule has 2 N–H and O–H groups in total. The minimum Gasteiger partial charge on any atom is -0.480 e. The van der Waals surface area contributed by atoms with Crippen molar-refractivity contribution in [2.75, 3.05) is 13.1 Å². The third kappa shape index (κ3) is 5.00. The Bertz CT molecular complexity index is 430. The fourth-order valence-corrected chi connectivity index (χ4v) is 2.28. The Balaban J connectivity index is 2.97. The standard InChI is InChI=1S/C13H16BrNO4/c1-2-11(9-3-5-10(14)6-4-9)15(7-12(16)17)8-13(18)19/h3-6,11H,2,7-8H2,1H3,(H,16,17)(H,18,19). The lowest BCUT2D eigenvalue weighted by Gasteiger charge is -2.28. The number of aliphatic carboxylic acids is 2. The summed E-state index contributed by atoms with van der Waals surface area (Å²) < 4.78 is 0.925. The second-order valence-electron chi connectivity index (χ2n) is 4.17. The summed E-state index contributed by atoms with van der Waals surface area (Å²) in [6.45, 7) is 1.32. The van der Waals surface area contributed by atoms with Crippen LogP contribution in [0.25, 0.3) is 0 Å². The summed E-state index contributed by atoms with van der Waals surface area (Å²) in [5.74, 6) is -2.06. The van der Waals surface area contributed by atoms with Gasteiger partial charge in [0.1, 0.15) is 0 Å². The average Bonchev–Trinajstić information content (AvgIpc) is 2.30.